The van der Waals surface area contributed by atoms with E-state index in [2.05, 4.69) is 20.3 Å². The van der Waals surface area contributed by atoms with E-state index in [1.807, 2.05) is 10.6 Å². The van der Waals surface area contributed by atoms with Crippen LogP contribution in [0.4, 0.5) is 14.6 Å². The summed E-state index contributed by atoms with van der Waals surface area (Å²) in [5, 5.41) is 2.60. The van der Waals surface area contributed by atoms with Crippen molar-refractivity contribution in [1.29, 1.82) is 0 Å². The van der Waals surface area contributed by atoms with Gasteiger partial charge in [-0.3, -0.25) is 4.79 Å². The van der Waals surface area contributed by atoms with Crippen LogP contribution < -0.4 is 5.32 Å². The van der Waals surface area contributed by atoms with Crippen LogP contribution in [-0.2, 0) is 4.74 Å². The molecular weight excluding hydrogens is 380 g/mol. The first-order chi connectivity index (χ1) is 14.0. The number of amides is 1. The minimum Gasteiger partial charge on any atom is -0.381 e. The Morgan fingerprint density at radius 3 is 2.90 bits per heavy atom. The maximum atomic E-state index is 12.8. The van der Waals surface area contributed by atoms with Crippen molar-refractivity contribution in [2.24, 2.45) is 5.41 Å². The minimum absolute atomic E-state index is 0.0884. The van der Waals surface area contributed by atoms with Crippen LogP contribution >= 0.6 is 0 Å². The lowest BCUT2D eigenvalue weighted by Gasteiger charge is -2.43. The summed E-state index contributed by atoms with van der Waals surface area (Å²) in [5.41, 5.74) is 1.51. The summed E-state index contributed by atoms with van der Waals surface area (Å²) in [6, 6.07) is 3.94. The van der Waals surface area contributed by atoms with E-state index < -0.39 is 18.0 Å². The SMILES string of the molecule is O=C(Nc1cn2cc(C3CC4(CCOC4)C3)nc2cn1)c1cccc(C(F)F)n1. The average molecular weight is 399 g/mol. The van der Waals surface area contributed by atoms with Crippen LogP contribution in [0.5, 0.6) is 0 Å². The zero-order valence-corrected chi connectivity index (χ0v) is 15.5. The number of hydrogen-bond acceptors (Lipinski definition) is 5. The first kappa shape index (κ1) is 18.1. The van der Waals surface area contributed by atoms with E-state index in [4.69, 9.17) is 4.74 Å². The third-order valence-electron chi connectivity index (χ3n) is 5.79. The second-order valence-corrected chi connectivity index (χ2v) is 7.81. The number of carbonyl (C=O) groups is 1. The molecule has 1 aliphatic heterocycles. The molecule has 0 aromatic carbocycles. The summed E-state index contributed by atoms with van der Waals surface area (Å²) in [5.74, 6) is 0.114. The predicted molar refractivity (Wildman–Crippen MR) is 100.0 cm³/mol. The Hall–Kier alpha value is -2.94. The number of halogens is 2. The molecule has 4 heterocycles. The van der Waals surface area contributed by atoms with Crippen LogP contribution in [0.1, 0.15) is 53.5 Å². The number of nitrogens with zero attached hydrogens (tertiary/aromatic N) is 4. The topological polar surface area (TPSA) is 81.4 Å². The number of ether oxygens (including phenoxy) is 1. The third kappa shape index (κ3) is 3.35. The first-order valence-electron chi connectivity index (χ1n) is 9.50. The molecule has 150 valence electrons. The highest BCUT2D eigenvalue weighted by Crippen LogP contribution is 2.55. The number of carbonyl (C=O) groups excluding carboxylic acids is 1. The van der Waals surface area contributed by atoms with Gasteiger partial charge in [-0.25, -0.2) is 23.7 Å². The molecule has 2 aliphatic rings. The van der Waals surface area contributed by atoms with Gasteiger partial charge in [0.05, 0.1) is 24.7 Å². The Labute approximate surface area is 165 Å². The molecule has 1 saturated heterocycles. The summed E-state index contributed by atoms with van der Waals surface area (Å²) >= 11 is 0. The van der Waals surface area contributed by atoms with Crippen LogP contribution in [0.25, 0.3) is 5.65 Å². The van der Waals surface area contributed by atoms with Gasteiger partial charge < -0.3 is 14.5 Å². The maximum absolute atomic E-state index is 12.8. The van der Waals surface area contributed by atoms with Crippen molar-refractivity contribution in [3.8, 4) is 0 Å². The number of imidazole rings is 1. The normalized spacial score (nSPS) is 23.6. The molecule has 5 rings (SSSR count). The monoisotopic (exact) mass is 399 g/mol. The molecule has 1 aliphatic carbocycles. The van der Waals surface area contributed by atoms with Gasteiger partial charge in [0.15, 0.2) is 5.65 Å². The van der Waals surface area contributed by atoms with Crippen molar-refractivity contribution >= 4 is 17.4 Å². The Balaban J connectivity index is 1.31. The Kier molecular flexibility index (Phi) is 4.27. The quantitative estimate of drug-likeness (QED) is 0.725. The van der Waals surface area contributed by atoms with Crippen LogP contribution in [0.15, 0.2) is 36.8 Å². The second kappa shape index (κ2) is 6.84. The predicted octanol–water partition coefficient (Wildman–Crippen LogP) is 3.60. The van der Waals surface area contributed by atoms with E-state index in [-0.39, 0.29) is 5.69 Å². The summed E-state index contributed by atoms with van der Waals surface area (Å²) in [6.07, 6.45) is 5.75. The lowest BCUT2D eigenvalue weighted by molar-refractivity contribution is 0.0706. The fourth-order valence-corrected chi connectivity index (χ4v) is 4.23. The zero-order chi connectivity index (χ0) is 20.0. The summed E-state index contributed by atoms with van der Waals surface area (Å²) in [4.78, 5) is 24.9. The smallest absolute Gasteiger partial charge is 0.280 e. The molecule has 3 aromatic rings. The molecule has 1 saturated carbocycles. The van der Waals surface area contributed by atoms with Gasteiger partial charge >= 0.3 is 0 Å². The lowest BCUT2D eigenvalue weighted by atomic mass is 9.61. The molecule has 0 unspecified atom stereocenters. The van der Waals surface area contributed by atoms with Crippen molar-refractivity contribution in [3.05, 3.63) is 53.9 Å². The summed E-state index contributed by atoms with van der Waals surface area (Å²) in [7, 11) is 0. The van der Waals surface area contributed by atoms with Gasteiger partial charge in [0.1, 0.15) is 17.2 Å². The Morgan fingerprint density at radius 2 is 2.14 bits per heavy atom. The van der Waals surface area contributed by atoms with Gasteiger partial charge in [-0.1, -0.05) is 6.07 Å². The standard InChI is InChI=1S/C20H19F2N5O2/c21-18(22)13-2-1-3-14(24-13)19(28)26-16-10-27-9-15(25-17(27)8-23-16)12-6-20(7-12)4-5-29-11-20/h1-3,8-10,12,18H,4-7,11H2,(H,26,28). The van der Waals surface area contributed by atoms with Crippen molar-refractivity contribution in [2.75, 3.05) is 18.5 Å². The van der Waals surface area contributed by atoms with Crippen molar-refractivity contribution in [2.45, 2.75) is 31.6 Å². The van der Waals surface area contributed by atoms with Gasteiger partial charge in [0.25, 0.3) is 12.3 Å². The van der Waals surface area contributed by atoms with E-state index >= 15 is 0 Å². The summed E-state index contributed by atoms with van der Waals surface area (Å²) < 4.78 is 32.9. The largest absolute Gasteiger partial charge is 0.381 e. The Bertz CT molecular complexity index is 1070. The number of rotatable bonds is 4. The van der Waals surface area contributed by atoms with Crippen LogP contribution in [-0.4, -0.2) is 38.5 Å². The lowest BCUT2D eigenvalue weighted by Crippen LogP contribution is -2.36. The molecule has 3 aromatic heterocycles. The number of anilines is 1. The number of hydrogen-bond donors (Lipinski definition) is 1. The maximum Gasteiger partial charge on any atom is 0.280 e. The molecule has 29 heavy (non-hydrogen) atoms. The molecule has 1 spiro atoms. The fraction of sp³-hybridized carbons (Fsp3) is 0.400. The molecular formula is C20H19F2N5O2. The number of fused-ring (bicyclic) bond motifs is 1. The zero-order valence-electron chi connectivity index (χ0n) is 15.5. The number of pyridine rings is 1. The van der Waals surface area contributed by atoms with E-state index in [9.17, 15) is 13.6 Å². The first-order valence-corrected chi connectivity index (χ1v) is 9.50. The summed E-state index contributed by atoms with van der Waals surface area (Å²) in [6.45, 7) is 1.69. The van der Waals surface area contributed by atoms with E-state index in [0.717, 1.165) is 38.2 Å². The minimum atomic E-state index is -2.73. The van der Waals surface area contributed by atoms with E-state index in [0.29, 0.717) is 22.8 Å². The van der Waals surface area contributed by atoms with Crippen LogP contribution in [0.2, 0.25) is 0 Å². The number of aromatic nitrogens is 4. The van der Waals surface area contributed by atoms with Crippen LogP contribution in [0, 0.1) is 5.41 Å². The number of nitrogens with one attached hydrogen (secondary N) is 1. The molecule has 1 amide bonds. The van der Waals surface area contributed by atoms with Crippen molar-refractivity contribution < 1.29 is 18.3 Å². The van der Waals surface area contributed by atoms with E-state index in [1.165, 1.54) is 18.2 Å². The molecule has 7 nitrogen and oxygen atoms in total. The van der Waals surface area contributed by atoms with Gasteiger partial charge in [0, 0.05) is 18.7 Å². The van der Waals surface area contributed by atoms with Gasteiger partial charge in [-0.2, -0.15) is 0 Å². The second-order valence-electron chi connectivity index (χ2n) is 7.81. The molecule has 9 heteroatoms. The van der Waals surface area contributed by atoms with Gasteiger partial charge in [0.2, 0.25) is 0 Å². The van der Waals surface area contributed by atoms with Crippen molar-refractivity contribution in [3.63, 3.8) is 0 Å². The third-order valence-corrected chi connectivity index (χ3v) is 5.79. The fourth-order valence-electron chi connectivity index (χ4n) is 4.23. The van der Waals surface area contributed by atoms with E-state index in [1.54, 1.807) is 12.4 Å². The molecule has 2 fully saturated rings. The molecule has 0 atom stereocenters. The highest BCUT2D eigenvalue weighted by Gasteiger charge is 2.47. The molecule has 0 radical (unpaired) electrons. The number of alkyl halides is 2. The van der Waals surface area contributed by atoms with Gasteiger partial charge in [-0.15, -0.1) is 0 Å². The highest BCUT2D eigenvalue weighted by molar-refractivity contribution is 6.02. The average Bonchev–Trinajstić information content (AvgIpc) is 3.33. The molecule has 0 bridgehead atoms. The Morgan fingerprint density at radius 1 is 1.28 bits per heavy atom. The van der Waals surface area contributed by atoms with Crippen LogP contribution in [0.3, 0.4) is 0 Å². The van der Waals surface area contributed by atoms with Crippen molar-refractivity contribution in [1.82, 2.24) is 19.4 Å². The highest BCUT2D eigenvalue weighted by atomic mass is 19.3. The van der Waals surface area contributed by atoms with Gasteiger partial charge in [-0.05, 0) is 36.8 Å². The molecule has 1 N–H and O–H groups in total.